The minimum absolute atomic E-state index is 0.428. The van der Waals surface area contributed by atoms with Crippen molar-refractivity contribution in [2.24, 2.45) is 5.92 Å². The fraction of sp³-hybridized carbons (Fsp3) is 0.700. The lowest BCUT2D eigenvalue weighted by Crippen LogP contribution is -2.04. The van der Waals surface area contributed by atoms with E-state index < -0.39 is 5.54 Å². The van der Waals surface area contributed by atoms with Crippen LogP contribution in [-0.4, -0.2) is 5.16 Å². The van der Waals surface area contributed by atoms with Gasteiger partial charge in [-0.2, -0.15) is 0 Å². The molecule has 0 bridgehead atoms. The van der Waals surface area contributed by atoms with Gasteiger partial charge in [0.15, 0.2) is 5.76 Å². The predicted molar refractivity (Wildman–Crippen MR) is 49.1 cm³/mol. The maximum atomic E-state index is 7.85. The lowest BCUT2D eigenvalue weighted by Gasteiger charge is -1.98. The topological polar surface area (TPSA) is 49.8 Å². The van der Waals surface area contributed by atoms with E-state index >= 15 is 0 Å². The van der Waals surface area contributed by atoms with Gasteiger partial charge < -0.3 is 4.52 Å². The summed E-state index contributed by atoms with van der Waals surface area (Å²) >= 11 is 0. The summed E-state index contributed by atoms with van der Waals surface area (Å²) in [4.78, 5) is 0. The van der Waals surface area contributed by atoms with E-state index in [1.165, 1.54) is 0 Å². The molecule has 1 aromatic heterocycles. The molecule has 0 saturated heterocycles. The number of rotatable bonds is 3. The quantitative estimate of drug-likeness (QED) is 0.713. The standard InChI is InChI=1S/C10H15N2O/c1-7(2)5-8-6-9(13-12-8)10(11)3-4-10/h6-7,11H,3-5H2,1-2H3. The molecule has 1 fully saturated rings. The van der Waals surface area contributed by atoms with Crippen LogP contribution in [-0.2, 0) is 12.0 Å². The molecule has 71 valence electrons. The van der Waals surface area contributed by atoms with Gasteiger partial charge in [-0.1, -0.05) is 19.0 Å². The summed E-state index contributed by atoms with van der Waals surface area (Å²) in [6.07, 6.45) is 2.78. The van der Waals surface area contributed by atoms with Crippen molar-refractivity contribution >= 4 is 0 Å². The molecule has 0 amide bonds. The maximum absolute atomic E-state index is 7.85. The number of aromatic nitrogens is 1. The highest BCUT2D eigenvalue weighted by Gasteiger charge is 2.44. The van der Waals surface area contributed by atoms with Gasteiger partial charge in [-0.3, -0.25) is 0 Å². The van der Waals surface area contributed by atoms with Crippen molar-refractivity contribution in [2.75, 3.05) is 0 Å². The summed E-state index contributed by atoms with van der Waals surface area (Å²) in [5.74, 6) is 1.35. The molecule has 0 aromatic carbocycles. The highest BCUT2D eigenvalue weighted by molar-refractivity contribution is 5.20. The molecule has 1 aliphatic rings. The Balaban J connectivity index is 2.09. The van der Waals surface area contributed by atoms with E-state index in [-0.39, 0.29) is 0 Å². The largest absolute Gasteiger partial charge is 0.359 e. The molecule has 0 spiro atoms. The second-order valence-electron chi connectivity index (χ2n) is 4.36. The third-order valence-electron chi connectivity index (χ3n) is 2.40. The third kappa shape index (κ3) is 1.75. The Bertz CT molecular complexity index is 300. The first-order valence-electron chi connectivity index (χ1n) is 4.81. The molecule has 3 nitrogen and oxygen atoms in total. The van der Waals surface area contributed by atoms with E-state index in [9.17, 15) is 0 Å². The lowest BCUT2D eigenvalue weighted by molar-refractivity contribution is 0.345. The van der Waals surface area contributed by atoms with Crippen LogP contribution in [0.3, 0.4) is 0 Å². The molecule has 2 rings (SSSR count). The number of hydrogen-bond donors (Lipinski definition) is 0. The van der Waals surface area contributed by atoms with Crippen LogP contribution in [0.15, 0.2) is 10.6 Å². The molecule has 1 aromatic rings. The molecular formula is C10H15N2O. The van der Waals surface area contributed by atoms with Crippen LogP contribution in [0.1, 0.15) is 38.1 Å². The summed E-state index contributed by atoms with van der Waals surface area (Å²) in [7, 11) is 0. The van der Waals surface area contributed by atoms with Gasteiger partial charge in [-0.15, -0.1) is 0 Å². The first-order valence-corrected chi connectivity index (χ1v) is 4.81. The summed E-state index contributed by atoms with van der Waals surface area (Å²) in [5, 5.41) is 3.97. The lowest BCUT2D eigenvalue weighted by atomic mass is 10.1. The van der Waals surface area contributed by atoms with Crippen LogP contribution in [0, 0.1) is 5.92 Å². The van der Waals surface area contributed by atoms with Crippen LogP contribution in [0.2, 0.25) is 0 Å². The molecule has 0 aliphatic heterocycles. The molecule has 3 heteroatoms. The molecule has 1 heterocycles. The van der Waals surface area contributed by atoms with Gasteiger partial charge in [-0.05, 0) is 25.2 Å². The smallest absolute Gasteiger partial charge is 0.158 e. The average Bonchev–Trinajstić information content (AvgIpc) is 2.62. The minimum Gasteiger partial charge on any atom is -0.359 e. The van der Waals surface area contributed by atoms with Crippen molar-refractivity contribution in [3.8, 4) is 0 Å². The summed E-state index contributed by atoms with van der Waals surface area (Å²) in [6, 6.07) is 1.94. The Morgan fingerprint density at radius 2 is 2.31 bits per heavy atom. The maximum Gasteiger partial charge on any atom is 0.158 e. The van der Waals surface area contributed by atoms with Gasteiger partial charge in [0.2, 0.25) is 0 Å². The van der Waals surface area contributed by atoms with Gasteiger partial charge in [0.05, 0.1) is 11.2 Å². The Morgan fingerprint density at radius 1 is 1.62 bits per heavy atom. The number of hydrogen-bond acceptors (Lipinski definition) is 2. The molecule has 0 atom stereocenters. The molecule has 1 aliphatic carbocycles. The molecule has 0 unspecified atom stereocenters. The van der Waals surface area contributed by atoms with Crippen molar-refractivity contribution in [3.63, 3.8) is 0 Å². The van der Waals surface area contributed by atoms with Gasteiger partial charge >= 0.3 is 0 Å². The second-order valence-corrected chi connectivity index (χ2v) is 4.36. The van der Waals surface area contributed by atoms with Gasteiger partial charge in [0.25, 0.3) is 0 Å². The fourth-order valence-electron chi connectivity index (χ4n) is 1.42. The van der Waals surface area contributed by atoms with E-state index in [1.54, 1.807) is 0 Å². The number of nitrogens with zero attached hydrogens (tertiary/aromatic N) is 1. The zero-order chi connectivity index (χ0) is 9.47. The van der Waals surface area contributed by atoms with Gasteiger partial charge in [0, 0.05) is 6.07 Å². The zero-order valence-corrected chi connectivity index (χ0v) is 8.13. The minimum atomic E-state index is -0.428. The molecular weight excluding hydrogens is 164 g/mol. The SMILES string of the molecule is CC(C)Cc1cc(C2([NH])CC2)on1. The Morgan fingerprint density at radius 3 is 2.85 bits per heavy atom. The third-order valence-corrected chi connectivity index (χ3v) is 2.40. The Labute approximate surface area is 78.3 Å². The highest BCUT2D eigenvalue weighted by Crippen LogP contribution is 2.44. The summed E-state index contributed by atoms with van der Waals surface area (Å²) < 4.78 is 5.15. The van der Waals surface area contributed by atoms with Crippen molar-refractivity contribution in [1.29, 1.82) is 0 Å². The highest BCUT2D eigenvalue weighted by atomic mass is 16.5. The first kappa shape index (κ1) is 8.75. The molecule has 1 radical (unpaired) electrons. The van der Waals surface area contributed by atoms with Crippen LogP contribution >= 0.6 is 0 Å². The van der Waals surface area contributed by atoms with Crippen LogP contribution < -0.4 is 5.73 Å². The van der Waals surface area contributed by atoms with Crippen molar-refractivity contribution in [1.82, 2.24) is 10.9 Å². The zero-order valence-electron chi connectivity index (χ0n) is 8.13. The second kappa shape index (κ2) is 2.84. The van der Waals surface area contributed by atoms with Crippen molar-refractivity contribution < 1.29 is 4.52 Å². The van der Waals surface area contributed by atoms with E-state index in [0.717, 1.165) is 30.7 Å². The van der Waals surface area contributed by atoms with E-state index in [0.29, 0.717) is 5.92 Å². The molecule has 1 N–H and O–H groups in total. The fourth-order valence-corrected chi connectivity index (χ4v) is 1.42. The summed E-state index contributed by atoms with van der Waals surface area (Å²) in [5.41, 5.74) is 8.41. The van der Waals surface area contributed by atoms with E-state index in [2.05, 4.69) is 19.0 Å². The Kier molecular flexibility index (Phi) is 1.91. The van der Waals surface area contributed by atoms with Crippen LogP contribution in [0.25, 0.3) is 0 Å². The Hall–Kier alpha value is -0.830. The predicted octanol–water partition coefficient (Wildman–Crippen LogP) is 2.15. The molecule has 1 saturated carbocycles. The van der Waals surface area contributed by atoms with Crippen molar-refractivity contribution in [2.45, 2.75) is 38.6 Å². The van der Waals surface area contributed by atoms with E-state index in [4.69, 9.17) is 10.3 Å². The van der Waals surface area contributed by atoms with Gasteiger partial charge in [-0.25, -0.2) is 5.73 Å². The van der Waals surface area contributed by atoms with Crippen molar-refractivity contribution in [3.05, 3.63) is 17.5 Å². The first-order chi connectivity index (χ1) is 6.10. The summed E-state index contributed by atoms with van der Waals surface area (Å²) in [6.45, 7) is 4.31. The average molecular weight is 179 g/mol. The molecule has 13 heavy (non-hydrogen) atoms. The van der Waals surface area contributed by atoms with Crippen LogP contribution in [0.4, 0.5) is 0 Å². The number of nitrogens with one attached hydrogen (secondary N) is 1. The van der Waals surface area contributed by atoms with Crippen LogP contribution in [0.5, 0.6) is 0 Å². The normalized spacial score (nSPS) is 19.4. The monoisotopic (exact) mass is 179 g/mol. The van der Waals surface area contributed by atoms with Gasteiger partial charge in [0.1, 0.15) is 0 Å². The van der Waals surface area contributed by atoms with E-state index in [1.807, 2.05) is 6.07 Å².